The first-order chi connectivity index (χ1) is 10.8. The zero-order chi connectivity index (χ0) is 15.4. The molecule has 0 saturated carbocycles. The lowest BCUT2D eigenvalue weighted by Gasteiger charge is -2.31. The van der Waals surface area contributed by atoms with Gasteiger partial charge in [0.05, 0.1) is 14.2 Å². The number of hydrogen-bond acceptors (Lipinski definition) is 3. The molecule has 1 atom stereocenters. The Morgan fingerprint density at radius 2 is 1.77 bits per heavy atom. The number of rotatable bonds is 7. The zero-order valence-electron chi connectivity index (χ0n) is 13.3. The number of nitrogens with one attached hydrogen (secondary N) is 1. The summed E-state index contributed by atoms with van der Waals surface area (Å²) in [5.74, 6) is 2.31. The lowest BCUT2D eigenvalue weighted by molar-refractivity contribution is 0.351. The maximum Gasteiger partial charge on any atom is 0.161 e. The molecule has 3 nitrogen and oxygen atoms in total. The van der Waals surface area contributed by atoms with E-state index in [2.05, 4.69) is 47.8 Å². The fourth-order valence-corrected chi connectivity index (χ4v) is 3.10. The predicted octanol–water partition coefficient (Wildman–Crippen LogP) is 3.52. The molecule has 22 heavy (non-hydrogen) atoms. The molecule has 2 aromatic carbocycles. The second-order valence-electron chi connectivity index (χ2n) is 5.76. The smallest absolute Gasteiger partial charge is 0.161 e. The fourth-order valence-electron chi connectivity index (χ4n) is 3.10. The second-order valence-corrected chi connectivity index (χ2v) is 5.76. The highest BCUT2D eigenvalue weighted by molar-refractivity contribution is 5.53. The Bertz CT molecular complexity index is 625. The van der Waals surface area contributed by atoms with E-state index in [-0.39, 0.29) is 0 Å². The first-order valence-corrected chi connectivity index (χ1v) is 7.81. The molecule has 3 rings (SSSR count). The Hall–Kier alpha value is -2.00. The Labute approximate surface area is 132 Å². The standard InChI is InChI=1S/C19H23NO2/c1-21-18-11-16-10-15(17(16)12-19(18)22-2)8-9-20-13-14-6-4-3-5-7-14/h3-7,11-12,15,20H,8-10,13H2,1-2H3/t15-/m0/s1. The monoisotopic (exact) mass is 297 g/mol. The Kier molecular flexibility index (Phi) is 4.64. The van der Waals surface area contributed by atoms with Crippen LogP contribution < -0.4 is 14.8 Å². The van der Waals surface area contributed by atoms with Crippen molar-refractivity contribution < 1.29 is 9.47 Å². The molecule has 3 heteroatoms. The van der Waals surface area contributed by atoms with Crippen molar-refractivity contribution in [3.63, 3.8) is 0 Å². The normalized spacial score (nSPS) is 15.8. The molecule has 0 unspecified atom stereocenters. The van der Waals surface area contributed by atoms with Crippen molar-refractivity contribution in [2.75, 3.05) is 20.8 Å². The molecule has 116 valence electrons. The van der Waals surface area contributed by atoms with Crippen LogP contribution in [0.25, 0.3) is 0 Å². The van der Waals surface area contributed by atoms with Crippen molar-refractivity contribution >= 4 is 0 Å². The minimum atomic E-state index is 0.637. The maximum atomic E-state index is 5.40. The van der Waals surface area contributed by atoms with E-state index in [4.69, 9.17) is 9.47 Å². The van der Waals surface area contributed by atoms with Gasteiger partial charge in [-0.25, -0.2) is 0 Å². The van der Waals surface area contributed by atoms with Gasteiger partial charge in [0.15, 0.2) is 11.5 Å². The number of benzene rings is 2. The summed E-state index contributed by atoms with van der Waals surface area (Å²) in [6, 6.07) is 14.8. The minimum absolute atomic E-state index is 0.637. The molecule has 0 aromatic heterocycles. The average Bonchev–Trinajstić information content (AvgIpc) is 2.55. The molecule has 0 amide bonds. The number of ether oxygens (including phenoxy) is 2. The van der Waals surface area contributed by atoms with Crippen molar-refractivity contribution in [1.29, 1.82) is 0 Å². The fraction of sp³-hybridized carbons (Fsp3) is 0.368. The summed E-state index contributed by atoms with van der Waals surface area (Å²) in [5.41, 5.74) is 4.15. The molecule has 0 spiro atoms. The van der Waals surface area contributed by atoms with Crippen LogP contribution in [-0.4, -0.2) is 20.8 Å². The molecule has 1 N–H and O–H groups in total. The van der Waals surface area contributed by atoms with Gasteiger partial charge in [0.1, 0.15) is 0 Å². The Morgan fingerprint density at radius 3 is 2.50 bits per heavy atom. The zero-order valence-corrected chi connectivity index (χ0v) is 13.3. The Morgan fingerprint density at radius 1 is 1.05 bits per heavy atom. The van der Waals surface area contributed by atoms with Crippen molar-refractivity contribution in [3.8, 4) is 11.5 Å². The van der Waals surface area contributed by atoms with Gasteiger partial charge in [0, 0.05) is 6.54 Å². The van der Waals surface area contributed by atoms with Crippen LogP contribution >= 0.6 is 0 Å². The third-order valence-corrected chi connectivity index (χ3v) is 4.39. The summed E-state index contributed by atoms with van der Waals surface area (Å²) >= 11 is 0. The van der Waals surface area contributed by atoms with Crippen LogP contribution in [0.1, 0.15) is 29.0 Å². The average molecular weight is 297 g/mol. The number of methoxy groups -OCH3 is 2. The second kappa shape index (κ2) is 6.84. The SMILES string of the molecule is COc1cc2c(cc1OC)[C@@H](CCNCc1ccccc1)C2. The molecule has 0 heterocycles. The first-order valence-electron chi connectivity index (χ1n) is 7.81. The number of hydrogen-bond donors (Lipinski definition) is 1. The predicted molar refractivity (Wildman–Crippen MR) is 88.8 cm³/mol. The van der Waals surface area contributed by atoms with Gasteiger partial charge in [0.2, 0.25) is 0 Å². The topological polar surface area (TPSA) is 30.5 Å². The van der Waals surface area contributed by atoms with Crippen molar-refractivity contribution in [2.24, 2.45) is 0 Å². The van der Waals surface area contributed by atoms with Gasteiger partial charge in [-0.1, -0.05) is 30.3 Å². The lowest BCUT2D eigenvalue weighted by atomic mass is 9.75. The van der Waals surface area contributed by atoms with E-state index in [1.807, 2.05) is 0 Å². The molecule has 0 aliphatic heterocycles. The van der Waals surface area contributed by atoms with E-state index < -0.39 is 0 Å². The van der Waals surface area contributed by atoms with Gasteiger partial charge in [-0.3, -0.25) is 0 Å². The molecule has 0 saturated heterocycles. The molecule has 0 bridgehead atoms. The van der Waals surface area contributed by atoms with Crippen LogP contribution in [0.3, 0.4) is 0 Å². The van der Waals surface area contributed by atoms with Gasteiger partial charge >= 0.3 is 0 Å². The summed E-state index contributed by atoms with van der Waals surface area (Å²) in [6.07, 6.45) is 2.30. The molecular weight excluding hydrogens is 274 g/mol. The van der Waals surface area contributed by atoms with E-state index in [1.54, 1.807) is 14.2 Å². The molecule has 1 aliphatic carbocycles. The third kappa shape index (κ3) is 3.09. The molecular formula is C19H23NO2. The highest BCUT2D eigenvalue weighted by Crippen LogP contribution is 2.43. The minimum Gasteiger partial charge on any atom is -0.493 e. The maximum absolute atomic E-state index is 5.40. The van der Waals surface area contributed by atoms with E-state index in [0.717, 1.165) is 37.4 Å². The summed E-state index contributed by atoms with van der Waals surface area (Å²) in [6.45, 7) is 1.97. The van der Waals surface area contributed by atoms with E-state index in [1.165, 1.54) is 16.7 Å². The summed E-state index contributed by atoms with van der Waals surface area (Å²) < 4.78 is 10.7. The molecule has 2 aromatic rings. The van der Waals surface area contributed by atoms with Crippen molar-refractivity contribution in [2.45, 2.75) is 25.3 Å². The van der Waals surface area contributed by atoms with E-state index in [9.17, 15) is 0 Å². The highest BCUT2D eigenvalue weighted by Gasteiger charge is 2.27. The van der Waals surface area contributed by atoms with Crippen LogP contribution in [-0.2, 0) is 13.0 Å². The van der Waals surface area contributed by atoms with Crippen molar-refractivity contribution in [3.05, 3.63) is 59.2 Å². The van der Waals surface area contributed by atoms with Gasteiger partial charge in [0.25, 0.3) is 0 Å². The van der Waals surface area contributed by atoms with Gasteiger partial charge < -0.3 is 14.8 Å². The van der Waals surface area contributed by atoms with Gasteiger partial charge in [-0.2, -0.15) is 0 Å². The van der Waals surface area contributed by atoms with E-state index >= 15 is 0 Å². The van der Waals surface area contributed by atoms with Crippen LogP contribution in [0, 0.1) is 0 Å². The van der Waals surface area contributed by atoms with E-state index in [0.29, 0.717) is 5.92 Å². The summed E-state index contributed by atoms with van der Waals surface area (Å²) in [7, 11) is 3.38. The summed E-state index contributed by atoms with van der Waals surface area (Å²) in [5, 5.41) is 3.53. The quantitative estimate of drug-likeness (QED) is 0.793. The highest BCUT2D eigenvalue weighted by atomic mass is 16.5. The molecule has 1 aliphatic rings. The summed E-state index contributed by atoms with van der Waals surface area (Å²) in [4.78, 5) is 0. The van der Waals surface area contributed by atoms with Crippen LogP contribution in [0.15, 0.2) is 42.5 Å². The van der Waals surface area contributed by atoms with Gasteiger partial charge in [-0.15, -0.1) is 0 Å². The Balaban J connectivity index is 1.51. The largest absolute Gasteiger partial charge is 0.493 e. The lowest BCUT2D eigenvalue weighted by Crippen LogP contribution is -2.23. The van der Waals surface area contributed by atoms with Crippen LogP contribution in [0.5, 0.6) is 11.5 Å². The molecule has 0 radical (unpaired) electrons. The van der Waals surface area contributed by atoms with Crippen LogP contribution in [0.4, 0.5) is 0 Å². The molecule has 0 fully saturated rings. The number of fused-ring (bicyclic) bond motifs is 1. The first kappa shape index (κ1) is 14.9. The van der Waals surface area contributed by atoms with Gasteiger partial charge in [-0.05, 0) is 54.1 Å². The van der Waals surface area contributed by atoms with Crippen molar-refractivity contribution in [1.82, 2.24) is 5.32 Å². The van der Waals surface area contributed by atoms with Crippen LogP contribution in [0.2, 0.25) is 0 Å². The third-order valence-electron chi connectivity index (χ3n) is 4.39.